The molecule has 1 fully saturated rings. The molecule has 1 saturated heterocycles. The van der Waals surface area contributed by atoms with E-state index in [-0.39, 0.29) is 22.7 Å². The molecular weight excluding hydrogens is 360 g/mol. The Balaban J connectivity index is 2.00. The Labute approximate surface area is 161 Å². The molecule has 0 amide bonds. The van der Waals surface area contributed by atoms with Crippen molar-refractivity contribution in [3.05, 3.63) is 68.8 Å². The van der Waals surface area contributed by atoms with Gasteiger partial charge in [-0.1, -0.05) is 0 Å². The number of nitro groups is 1. The summed E-state index contributed by atoms with van der Waals surface area (Å²) in [5, 5.41) is 11.4. The molecule has 1 aliphatic heterocycles. The van der Waals surface area contributed by atoms with E-state index >= 15 is 0 Å². The zero-order valence-electron chi connectivity index (χ0n) is 15.7. The van der Waals surface area contributed by atoms with E-state index in [9.17, 15) is 14.9 Å². The van der Waals surface area contributed by atoms with Gasteiger partial charge in [-0.3, -0.25) is 24.4 Å². The van der Waals surface area contributed by atoms with Crippen LogP contribution in [0.1, 0.15) is 24.7 Å². The van der Waals surface area contributed by atoms with Gasteiger partial charge in [0.15, 0.2) is 0 Å². The molecule has 2 heterocycles. The number of methoxy groups -OCH3 is 1. The standard InChI is InChI=1S/C20H20N4O4/c1-22-11-3-4-18(22)19-21-17-10-7-14(24(26)27)12-16(17)20(25)23(19)13-5-8-15(28-2)9-6-13/h5-10,12,18H,3-4,11H2,1-2H3. The molecule has 0 bridgehead atoms. The van der Waals surface area contributed by atoms with Crippen molar-refractivity contribution in [2.24, 2.45) is 0 Å². The van der Waals surface area contributed by atoms with E-state index in [4.69, 9.17) is 9.72 Å². The number of ether oxygens (including phenoxy) is 1. The van der Waals surface area contributed by atoms with Gasteiger partial charge in [0.2, 0.25) is 0 Å². The maximum Gasteiger partial charge on any atom is 0.270 e. The summed E-state index contributed by atoms with van der Waals surface area (Å²) in [7, 11) is 3.60. The van der Waals surface area contributed by atoms with E-state index in [1.54, 1.807) is 42.0 Å². The number of hydrogen-bond donors (Lipinski definition) is 0. The molecule has 0 aliphatic carbocycles. The van der Waals surface area contributed by atoms with Crippen molar-refractivity contribution in [3.8, 4) is 11.4 Å². The minimum absolute atomic E-state index is 0.00870. The van der Waals surface area contributed by atoms with E-state index in [1.165, 1.54) is 12.1 Å². The highest BCUT2D eigenvalue weighted by atomic mass is 16.6. The summed E-state index contributed by atoms with van der Waals surface area (Å²) in [6.07, 6.45) is 1.93. The molecule has 8 nitrogen and oxygen atoms in total. The fourth-order valence-corrected chi connectivity index (χ4v) is 3.75. The Morgan fingerprint density at radius 1 is 1.21 bits per heavy atom. The lowest BCUT2D eigenvalue weighted by atomic mass is 10.1. The lowest BCUT2D eigenvalue weighted by Crippen LogP contribution is -2.29. The second-order valence-electron chi connectivity index (χ2n) is 6.91. The quantitative estimate of drug-likeness (QED) is 0.510. The zero-order chi connectivity index (χ0) is 19.8. The van der Waals surface area contributed by atoms with Crippen molar-refractivity contribution in [2.75, 3.05) is 20.7 Å². The molecule has 0 saturated carbocycles. The van der Waals surface area contributed by atoms with Crippen LogP contribution in [0.15, 0.2) is 47.3 Å². The molecule has 1 unspecified atom stereocenters. The van der Waals surface area contributed by atoms with Gasteiger partial charge in [-0.2, -0.15) is 0 Å². The van der Waals surface area contributed by atoms with Crippen LogP contribution in [0.4, 0.5) is 5.69 Å². The monoisotopic (exact) mass is 380 g/mol. The summed E-state index contributed by atoms with van der Waals surface area (Å²) in [6.45, 7) is 0.932. The zero-order valence-corrected chi connectivity index (χ0v) is 15.7. The predicted molar refractivity (Wildman–Crippen MR) is 105 cm³/mol. The number of likely N-dealkylation sites (tertiary alicyclic amines) is 1. The molecule has 2 aromatic carbocycles. The Morgan fingerprint density at radius 3 is 2.57 bits per heavy atom. The first kappa shape index (κ1) is 18.1. The van der Waals surface area contributed by atoms with Gasteiger partial charge in [-0.15, -0.1) is 0 Å². The molecule has 8 heteroatoms. The topological polar surface area (TPSA) is 90.5 Å². The van der Waals surface area contributed by atoms with Gasteiger partial charge in [0, 0.05) is 12.1 Å². The third-order valence-corrected chi connectivity index (χ3v) is 5.24. The highest BCUT2D eigenvalue weighted by molar-refractivity contribution is 5.80. The van der Waals surface area contributed by atoms with Crippen molar-refractivity contribution in [3.63, 3.8) is 0 Å². The molecule has 0 spiro atoms. The second-order valence-corrected chi connectivity index (χ2v) is 6.91. The SMILES string of the molecule is COc1ccc(-n2c(C3CCCN3C)nc3ccc([N+](=O)[O-])cc3c2=O)cc1. The summed E-state index contributed by atoms with van der Waals surface area (Å²) in [5.41, 5.74) is 0.685. The maximum atomic E-state index is 13.4. The molecule has 4 rings (SSSR count). The van der Waals surface area contributed by atoms with E-state index in [2.05, 4.69) is 4.90 Å². The van der Waals surface area contributed by atoms with Crippen LogP contribution < -0.4 is 10.3 Å². The number of rotatable bonds is 4. The van der Waals surface area contributed by atoms with Crippen molar-refractivity contribution in [1.29, 1.82) is 0 Å². The van der Waals surface area contributed by atoms with Gasteiger partial charge in [-0.05, 0) is 56.8 Å². The normalized spacial score (nSPS) is 17.1. The van der Waals surface area contributed by atoms with Crippen molar-refractivity contribution in [1.82, 2.24) is 14.5 Å². The van der Waals surface area contributed by atoms with E-state index in [1.807, 2.05) is 7.05 Å². The number of hydrogen-bond acceptors (Lipinski definition) is 6. The number of benzene rings is 2. The molecule has 3 aromatic rings. The summed E-state index contributed by atoms with van der Waals surface area (Å²) in [4.78, 5) is 31.0. The average Bonchev–Trinajstić information content (AvgIpc) is 3.13. The first-order valence-corrected chi connectivity index (χ1v) is 9.05. The van der Waals surface area contributed by atoms with Gasteiger partial charge in [0.05, 0.1) is 34.7 Å². The maximum absolute atomic E-state index is 13.4. The molecule has 144 valence electrons. The van der Waals surface area contributed by atoms with E-state index in [0.29, 0.717) is 22.8 Å². The van der Waals surface area contributed by atoms with Crippen LogP contribution in [-0.4, -0.2) is 40.1 Å². The second kappa shape index (κ2) is 7.05. The van der Waals surface area contributed by atoms with Crippen LogP contribution >= 0.6 is 0 Å². The summed E-state index contributed by atoms with van der Waals surface area (Å²) in [6, 6.07) is 11.4. The molecule has 1 atom stereocenters. The smallest absolute Gasteiger partial charge is 0.270 e. The number of fused-ring (bicyclic) bond motifs is 1. The predicted octanol–water partition coefficient (Wildman–Crippen LogP) is 3.07. The van der Waals surface area contributed by atoms with Gasteiger partial charge in [-0.25, -0.2) is 4.98 Å². The molecule has 28 heavy (non-hydrogen) atoms. The van der Waals surface area contributed by atoms with Gasteiger partial charge in [0.1, 0.15) is 11.6 Å². The minimum Gasteiger partial charge on any atom is -0.497 e. The Kier molecular flexibility index (Phi) is 4.56. The molecule has 1 aliphatic rings. The fraction of sp³-hybridized carbons (Fsp3) is 0.300. The fourth-order valence-electron chi connectivity index (χ4n) is 3.75. The first-order valence-electron chi connectivity index (χ1n) is 9.05. The number of nitrogens with zero attached hydrogens (tertiary/aromatic N) is 4. The van der Waals surface area contributed by atoms with Crippen molar-refractivity contribution >= 4 is 16.6 Å². The van der Waals surface area contributed by atoms with Gasteiger partial charge >= 0.3 is 0 Å². The van der Waals surface area contributed by atoms with Crippen LogP contribution in [0.2, 0.25) is 0 Å². The van der Waals surface area contributed by atoms with Crippen molar-refractivity contribution in [2.45, 2.75) is 18.9 Å². The first-order chi connectivity index (χ1) is 13.5. The summed E-state index contributed by atoms with van der Waals surface area (Å²) < 4.78 is 6.78. The van der Waals surface area contributed by atoms with Crippen LogP contribution in [0.3, 0.4) is 0 Å². The van der Waals surface area contributed by atoms with Gasteiger partial charge < -0.3 is 4.74 Å². The highest BCUT2D eigenvalue weighted by Crippen LogP contribution is 2.31. The molecule has 0 N–H and O–H groups in total. The molecule has 0 radical (unpaired) electrons. The van der Waals surface area contributed by atoms with Crippen LogP contribution in [0, 0.1) is 10.1 Å². The van der Waals surface area contributed by atoms with Crippen LogP contribution in [0.5, 0.6) is 5.75 Å². The molecule has 1 aromatic heterocycles. The summed E-state index contributed by atoms with van der Waals surface area (Å²) >= 11 is 0. The molecular formula is C20H20N4O4. The van der Waals surface area contributed by atoms with E-state index in [0.717, 1.165) is 19.4 Å². The third-order valence-electron chi connectivity index (χ3n) is 5.24. The van der Waals surface area contributed by atoms with Crippen molar-refractivity contribution < 1.29 is 9.66 Å². The largest absolute Gasteiger partial charge is 0.497 e. The lowest BCUT2D eigenvalue weighted by molar-refractivity contribution is -0.384. The average molecular weight is 380 g/mol. The lowest BCUT2D eigenvalue weighted by Gasteiger charge is -2.23. The Hall–Kier alpha value is -3.26. The van der Waals surface area contributed by atoms with Crippen LogP contribution in [-0.2, 0) is 0 Å². The third kappa shape index (κ3) is 3.01. The minimum atomic E-state index is -0.505. The number of non-ortho nitro benzene ring substituents is 1. The number of aromatic nitrogens is 2. The number of nitro benzene ring substituents is 1. The Morgan fingerprint density at radius 2 is 1.96 bits per heavy atom. The van der Waals surface area contributed by atoms with Gasteiger partial charge in [0.25, 0.3) is 11.2 Å². The highest BCUT2D eigenvalue weighted by Gasteiger charge is 2.28. The van der Waals surface area contributed by atoms with Crippen LogP contribution in [0.25, 0.3) is 16.6 Å². The van der Waals surface area contributed by atoms with E-state index < -0.39 is 4.92 Å². The Bertz CT molecular complexity index is 1110. The summed E-state index contributed by atoms with van der Waals surface area (Å²) in [5.74, 6) is 1.33.